The van der Waals surface area contributed by atoms with Gasteiger partial charge in [0.05, 0.1) is 0 Å². The van der Waals surface area contributed by atoms with Crippen molar-refractivity contribution >= 4 is 5.91 Å². The Morgan fingerprint density at radius 1 is 1.50 bits per heavy atom. The first-order valence-corrected chi connectivity index (χ1v) is 3.77. The van der Waals surface area contributed by atoms with Crippen LogP contribution in [0.15, 0.2) is 0 Å². The zero-order valence-electron chi connectivity index (χ0n) is 6.69. The van der Waals surface area contributed by atoms with Gasteiger partial charge < -0.3 is 4.90 Å². The van der Waals surface area contributed by atoms with E-state index < -0.39 is 18.1 Å². The zero-order chi connectivity index (χ0) is 9.35. The molecule has 0 aromatic heterocycles. The fourth-order valence-electron chi connectivity index (χ4n) is 1.48. The topological polar surface area (TPSA) is 20.3 Å². The van der Waals surface area contributed by atoms with Crippen molar-refractivity contribution in [3.63, 3.8) is 0 Å². The van der Waals surface area contributed by atoms with Gasteiger partial charge in [-0.05, 0) is 12.8 Å². The van der Waals surface area contributed by atoms with Crippen molar-refractivity contribution < 1.29 is 18.0 Å². The summed E-state index contributed by atoms with van der Waals surface area (Å²) in [6.45, 7) is 1.41. The molecule has 0 aliphatic carbocycles. The van der Waals surface area contributed by atoms with E-state index in [9.17, 15) is 18.0 Å². The van der Waals surface area contributed by atoms with Crippen LogP contribution in [0.2, 0.25) is 0 Å². The Hall–Kier alpha value is -0.740. The van der Waals surface area contributed by atoms with Crippen LogP contribution in [0.25, 0.3) is 0 Å². The Morgan fingerprint density at radius 2 is 2.08 bits per heavy atom. The molecule has 2 nitrogen and oxygen atoms in total. The molecule has 1 rings (SSSR count). The van der Waals surface area contributed by atoms with Gasteiger partial charge in [0, 0.05) is 13.5 Å². The summed E-state index contributed by atoms with van der Waals surface area (Å²) >= 11 is 0. The first-order valence-electron chi connectivity index (χ1n) is 3.77. The van der Waals surface area contributed by atoms with Gasteiger partial charge in [-0.2, -0.15) is 13.2 Å². The molecule has 0 saturated carbocycles. The Morgan fingerprint density at radius 3 is 2.42 bits per heavy atom. The Bertz CT molecular complexity index is 190. The highest BCUT2D eigenvalue weighted by molar-refractivity contribution is 5.74. The van der Waals surface area contributed by atoms with Crippen molar-refractivity contribution in [2.24, 2.45) is 0 Å². The van der Waals surface area contributed by atoms with Crippen molar-refractivity contribution in [3.05, 3.63) is 0 Å². The molecule has 0 aromatic carbocycles. The first kappa shape index (κ1) is 9.35. The smallest absolute Gasteiger partial charge is 0.331 e. The van der Waals surface area contributed by atoms with Gasteiger partial charge in [0.2, 0.25) is 5.91 Å². The van der Waals surface area contributed by atoms with E-state index in [2.05, 4.69) is 0 Å². The third-order valence-corrected chi connectivity index (χ3v) is 2.04. The summed E-state index contributed by atoms with van der Waals surface area (Å²) in [6.07, 6.45) is -3.77. The lowest BCUT2D eigenvalue weighted by Gasteiger charge is -2.25. The summed E-state index contributed by atoms with van der Waals surface area (Å²) in [5.41, 5.74) is 0. The number of hydrogen-bond acceptors (Lipinski definition) is 1. The summed E-state index contributed by atoms with van der Waals surface area (Å²) in [5, 5.41) is 0. The molecule has 12 heavy (non-hydrogen) atoms. The lowest BCUT2D eigenvalue weighted by molar-refractivity contribution is -0.181. The second-order valence-electron chi connectivity index (χ2n) is 2.91. The van der Waals surface area contributed by atoms with Crippen molar-refractivity contribution in [3.8, 4) is 0 Å². The van der Waals surface area contributed by atoms with Crippen LogP contribution in [0.4, 0.5) is 13.2 Å². The van der Waals surface area contributed by atoms with Gasteiger partial charge in [-0.3, -0.25) is 4.79 Å². The molecule has 0 unspecified atom stereocenters. The van der Waals surface area contributed by atoms with E-state index in [1.54, 1.807) is 0 Å². The molecule has 5 heteroatoms. The molecule has 1 aliphatic rings. The number of rotatable bonds is 0. The molecule has 0 bridgehead atoms. The number of halogens is 3. The molecule has 1 saturated heterocycles. The highest BCUT2D eigenvalue weighted by atomic mass is 19.4. The maximum atomic E-state index is 12.2. The van der Waals surface area contributed by atoms with Gasteiger partial charge in [-0.25, -0.2) is 0 Å². The van der Waals surface area contributed by atoms with Crippen LogP contribution in [0.5, 0.6) is 0 Å². The average molecular weight is 181 g/mol. The number of carbonyl (C=O) groups is 1. The summed E-state index contributed by atoms with van der Waals surface area (Å²) < 4.78 is 36.5. The Balaban J connectivity index is 2.71. The summed E-state index contributed by atoms with van der Waals surface area (Å²) in [4.78, 5) is 11.6. The van der Waals surface area contributed by atoms with Gasteiger partial charge in [-0.1, -0.05) is 0 Å². The molecule has 0 radical (unpaired) electrons. The van der Waals surface area contributed by atoms with Crippen molar-refractivity contribution in [1.29, 1.82) is 0 Å². The van der Waals surface area contributed by atoms with Gasteiger partial charge >= 0.3 is 6.18 Å². The second kappa shape index (κ2) is 2.95. The highest BCUT2D eigenvalue weighted by Crippen LogP contribution is 2.32. The van der Waals surface area contributed by atoms with Gasteiger partial charge in [0.1, 0.15) is 6.04 Å². The van der Waals surface area contributed by atoms with Gasteiger partial charge in [-0.15, -0.1) is 0 Å². The minimum atomic E-state index is -4.26. The van der Waals surface area contributed by atoms with Gasteiger partial charge in [0.15, 0.2) is 0 Å². The number of likely N-dealkylation sites (tertiary alicyclic amines) is 1. The molecule has 0 aromatic rings. The molecule has 1 fully saturated rings. The molecule has 1 aliphatic heterocycles. The predicted molar refractivity (Wildman–Crippen MR) is 36.5 cm³/mol. The third-order valence-electron chi connectivity index (χ3n) is 2.04. The lowest BCUT2D eigenvalue weighted by Crippen LogP contribution is -2.43. The minimum absolute atomic E-state index is 0.0447. The Kier molecular flexibility index (Phi) is 2.30. The minimum Gasteiger partial charge on any atom is -0.331 e. The van der Waals surface area contributed by atoms with E-state index in [0.29, 0.717) is 6.42 Å². The fraction of sp³-hybridized carbons (Fsp3) is 0.857. The summed E-state index contributed by atoms with van der Waals surface area (Å²) in [5.74, 6) is -0.491. The van der Waals surface area contributed by atoms with Crippen molar-refractivity contribution in [1.82, 2.24) is 4.90 Å². The van der Waals surface area contributed by atoms with E-state index in [-0.39, 0.29) is 13.0 Å². The van der Waals surface area contributed by atoms with E-state index in [4.69, 9.17) is 0 Å². The van der Waals surface area contributed by atoms with Crippen LogP contribution >= 0.6 is 0 Å². The van der Waals surface area contributed by atoms with Crippen LogP contribution in [-0.2, 0) is 4.79 Å². The Labute approximate surface area is 68.3 Å². The number of alkyl halides is 3. The van der Waals surface area contributed by atoms with Gasteiger partial charge in [0.25, 0.3) is 0 Å². The van der Waals surface area contributed by atoms with Crippen molar-refractivity contribution in [2.75, 3.05) is 6.54 Å². The molecule has 1 heterocycles. The molecule has 1 amide bonds. The van der Waals surface area contributed by atoms with E-state index >= 15 is 0 Å². The molecule has 0 spiro atoms. The van der Waals surface area contributed by atoms with Crippen LogP contribution in [0.1, 0.15) is 19.8 Å². The van der Waals surface area contributed by atoms with Crippen LogP contribution in [0.3, 0.4) is 0 Å². The zero-order valence-corrected chi connectivity index (χ0v) is 6.69. The maximum Gasteiger partial charge on any atom is 0.408 e. The lowest BCUT2D eigenvalue weighted by atomic mass is 10.2. The number of hydrogen-bond donors (Lipinski definition) is 0. The fourth-order valence-corrected chi connectivity index (χ4v) is 1.48. The predicted octanol–water partition coefficient (Wildman–Crippen LogP) is 1.56. The summed E-state index contributed by atoms with van der Waals surface area (Å²) in [7, 11) is 0. The first-order chi connectivity index (χ1) is 5.43. The molecular formula is C7H10F3NO. The average Bonchev–Trinajstić information content (AvgIpc) is 2.30. The third kappa shape index (κ3) is 1.70. The highest BCUT2D eigenvalue weighted by Gasteiger charge is 2.46. The second-order valence-corrected chi connectivity index (χ2v) is 2.91. The number of amides is 1. The van der Waals surface area contributed by atoms with Crippen LogP contribution in [0, 0.1) is 0 Å². The molecule has 0 N–H and O–H groups in total. The monoisotopic (exact) mass is 181 g/mol. The number of nitrogens with zero attached hydrogens (tertiary/aromatic N) is 1. The van der Waals surface area contributed by atoms with E-state index in [0.717, 1.165) is 4.90 Å². The van der Waals surface area contributed by atoms with E-state index in [1.807, 2.05) is 0 Å². The standard InChI is InChI=1S/C7H10F3NO/c1-5(12)11-4-2-3-6(11)7(8,9)10/h6H,2-4H2,1H3/t6-/m1/s1. The van der Waals surface area contributed by atoms with Crippen LogP contribution < -0.4 is 0 Å². The quantitative estimate of drug-likeness (QED) is 0.555. The molecular weight excluding hydrogens is 171 g/mol. The SMILES string of the molecule is CC(=O)N1CCC[C@@H]1C(F)(F)F. The molecule has 1 atom stereocenters. The van der Waals surface area contributed by atoms with Crippen LogP contribution in [-0.4, -0.2) is 29.6 Å². The molecule has 70 valence electrons. The largest absolute Gasteiger partial charge is 0.408 e. The van der Waals surface area contributed by atoms with Crippen molar-refractivity contribution in [2.45, 2.75) is 32.0 Å². The maximum absolute atomic E-state index is 12.2. The number of carbonyl (C=O) groups excluding carboxylic acids is 1. The normalized spacial score (nSPS) is 24.7. The summed E-state index contributed by atoms with van der Waals surface area (Å²) in [6, 6.07) is -1.55. The van der Waals surface area contributed by atoms with E-state index in [1.165, 1.54) is 6.92 Å².